The van der Waals surface area contributed by atoms with Crippen molar-refractivity contribution in [3.63, 3.8) is 0 Å². The second-order valence-electron chi connectivity index (χ2n) is 2.75. The van der Waals surface area contributed by atoms with Crippen LogP contribution in [-0.4, -0.2) is 16.7 Å². The van der Waals surface area contributed by atoms with Crippen molar-refractivity contribution < 1.29 is 0 Å². The Balaban J connectivity index is 2.16. The summed E-state index contributed by atoms with van der Waals surface area (Å²) in [5.74, 6) is 0. The zero-order valence-corrected chi connectivity index (χ0v) is 7.45. The van der Waals surface area contributed by atoms with Crippen molar-refractivity contribution in [1.82, 2.24) is 15.5 Å². The lowest BCUT2D eigenvalue weighted by atomic mass is 10.3. The Morgan fingerprint density at radius 2 is 2.42 bits per heavy atom. The van der Waals surface area contributed by atoms with Gasteiger partial charge < -0.3 is 5.32 Å². The second-order valence-corrected chi connectivity index (χ2v) is 2.75. The fourth-order valence-electron chi connectivity index (χ4n) is 0.946. The molecule has 0 unspecified atom stereocenters. The molecule has 3 heteroatoms. The molecule has 0 saturated heterocycles. The summed E-state index contributed by atoms with van der Waals surface area (Å²) < 4.78 is 0. The Bertz CT molecular complexity index is 198. The van der Waals surface area contributed by atoms with Crippen molar-refractivity contribution in [3.05, 3.63) is 24.0 Å². The van der Waals surface area contributed by atoms with Gasteiger partial charge in [0, 0.05) is 12.7 Å². The van der Waals surface area contributed by atoms with Crippen LogP contribution in [-0.2, 0) is 6.54 Å². The van der Waals surface area contributed by atoms with E-state index in [1.807, 2.05) is 12.1 Å². The van der Waals surface area contributed by atoms with Crippen LogP contribution < -0.4 is 5.32 Å². The average Bonchev–Trinajstić information content (AvgIpc) is 2.14. The van der Waals surface area contributed by atoms with Crippen LogP contribution in [0.2, 0.25) is 0 Å². The maximum absolute atomic E-state index is 3.96. The maximum Gasteiger partial charge on any atom is 0.0768 e. The minimum absolute atomic E-state index is 0.827. The Morgan fingerprint density at radius 1 is 1.50 bits per heavy atom. The summed E-state index contributed by atoms with van der Waals surface area (Å²) in [6.45, 7) is 4.07. The van der Waals surface area contributed by atoms with Crippen molar-refractivity contribution in [1.29, 1.82) is 0 Å². The molecule has 0 radical (unpaired) electrons. The molecule has 1 aromatic rings. The second kappa shape index (κ2) is 5.66. The first-order chi connectivity index (χ1) is 5.93. The van der Waals surface area contributed by atoms with Crippen LogP contribution in [0.4, 0.5) is 0 Å². The first-order valence-electron chi connectivity index (χ1n) is 4.40. The Morgan fingerprint density at radius 3 is 3.08 bits per heavy atom. The number of hydrogen-bond acceptors (Lipinski definition) is 3. The van der Waals surface area contributed by atoms with Gasteiger partial charge in [0.2, 0.25) is 0 Å². The molecule has 3 nitrogen and oxygen atoms in total. The molecule has 0 spiro atoms. The fraction of sp³-hybridized carbons (Fsp3) is 0.556. The van der Waals surface area contributed by atoms with Crippen molar-refractivity contribution >= 4 is 0 Å². The SMILES string of the molecule is CCCCNCc1cccnn1. The van der Waals surface area contributed by atoms with Gasteiger partial charge in [0.25, 0.3) is 0 Å². The van der Waals surface area contributed by atoms with E-state index in [-0.39, 0.29) is 0 Å². The highest BCUT2D eigenvalue weighted by Gasteiger charge is 1.91. The first-order valence-corrected chi connectivity index (χ1v) is 4.40. The quantitative estimate of drug-likeness (QED) is 0.669. The third-order valence-corrected chi connectivity index (χ3v) is 1.64. The molecule has 0 aliphatic heterocycles. The van der Waals surface area contributed by atoms with Gasteiger partial charge in [-0.3, -0.25) is 0 Å². The number of hydrogen-bond donors (Lipinski definition) is 1. The molecule has 12 heavy (non-hydrogen) atoms. The molecule has 1 aromatic heterocycles. The van der Waals surface area contributed by atoms with E-state index >= 15 is 0 Å². The van der Waals surface area contributed by atoms with Crippen LogP contribution in [0.3, 0.4) is 0 Å². The molecule has 0 atom stereocenters. The summed E-state index contributed by atoms with van der Waals surface area (Å²) in [7, 11) is 0. The van der Waals surface area contributed by atoms with E-state index in [0.717, 1.165) is 18.8 Å². The van der Waals surface area contributed by atoms with E-state index in [1.165, 1.54) is 12.8 Å². The number of nitrogens with zero attached hydrogens (tertiary/aromatic N) is 2. The summed E-state index contributed by atoms with van der Waals surface area (Å²) in [6.07, 6.45) is 4.14. The van der Waals surface area contributed by atoms with Crippen molar-refractivity contribution in [3.8, 4) is 0 Å². The number of aromatic nitrogens is 2. The van der Waals surface area contributed by atoms with Crippen LogP contribution in [0.1, 0.15) is 25.5 Å². The lowest BCUT2D eigenvalue weighted by Crippen LogP contribution is -2.15. The predicted octanol–water partition coefficient (Wildman–Crippen LogP) is 1.37. The van der Waals surface area contributed by atoms with E-state index in [9.17, 15) is 0 Å². The largest absolute Gasteiger partial charge is 0.311 e. The molecule has 0 aromatic carbocycles. The topological polar surface area (TPSA) is 37.8 Å². The van der Waals surface area contributed by atoms with E-state index in [1.54, 1.807) is 6.20 Å². The number of nitrogens with one attached hydrogen (secondary N) is 1. The summed E-state index contributed by atoms with van der Waals surface area (Å²) >= 11 is 0. The summed E-state index contributed by atoms with van der Waals surface area (Å²) in [4.78, 5) is 0. The molecule has 0 amide bonds. The van der Waals surface area contributed by atoms with Crippen molar-refractivity contribution in [2.24, 2.45) is 0 Å². The van der Waals surface area contributed by atoms with Gasteiger partial charge in [-0.2, -0.15) is 10.2 Å². The van der Waals surface area contributed by atoms with Gasteiger partial charge in [-0.25, -0.2) is 0 Å². The highest BCUT2D eigenvalue weighted by Crippen LogP contribution is 1.90. The Labute approximate surface area is 73.2 Å². The predicted molar refractivity (Wildman–Crippen MR) is 48.6 cm³/mol. The highest BCUT2D eigenvalue weighted by atomic mass is 15.1. The van der Waals surface area contributed by atoms with Crippen LogP contribution in [0.5, 0.6) is 0 Å². The molecule has 0 fully saturated rings. The van der Waals surface area contributed by atoms with E-state index in [0.29, 0.717) is 0 Å². The van der Waals surface area contributed by atoms with E-state index < -0.39 is 0 Å². The molecule has 0 saturated carbocycles. The minimum atomic E-state index is 0.827. The van der Waals surface area contributed by atoms with Crippen LogP contribution in [0.25, 0.3) is 0 Å². The van der Waals surface area contributed by atoms with Gasteiger partial charge in [0.1, 0.15) is 0 Å². The smallest absolute Gasteiger partial charge is 0.0768 e. The van der Waals surface area contributed by atoms with Crippen LogP contribution >= 0.6 is 0 Å². The van der Waals surface area contributed by atoms with E-state index in [4.69, 9.17) is 0 Å². The average molecular weight is 165 g/mol. The first kappa shape index (κ1) is 9.13. The van der Waals surface area contributed by atoms with Crippen LogP contribution in [0, 0.1) is 0 Å². The zero-order valence-electron chi connectivity index (χ0n) is 7.45. The molecule has 1 N–H and O–H groups in total. The third kappa shape index (κ3) is 3.44. The van der Waals surface area contributed by atoms with Gasteiger partial charge >= 0.3 is 0 Å². The lowest BCUT2D eigenvalue weighted by molar-refractivity contribution is 0.628. The molecular formula is C9H15N3. The Kier molecular flexibility index (Phi) is 4.31. The fourth-order valence-corrected chi connectivity index (χ4v) is 0.946. The molecule has 0 aliphatic rings. The minimum Gasteiger partial charge on any atom is -0.311 e. The third-order valence-electron chi connectivity index (χ3n) is 1.64. The van der Waals surface area contributed by atoms with E-state index in [2.05, 4.69) is 22.4 Å². The molecule has 1 rings (SSSR count). The summed E-state index contributed by atoms with van der Waals surface area (Å²) in [5, 5.41) is 11.1. The van der Waals surface area contributed by atoms with Crippen LogP contribution in [0.15, 0.2) is 18.3 Å². The van der Waals surface area contributed by atoms with Gasteiger partial charge in [-0.1, -0.05) is 13.3 Å². The summed E-state index contributed by atoms with van der Waals surface area (Å²) in [5.41, 5.74) is 1.01. The normalized spacial score (nSPS) is 10.1. The zero-order chi connectivity index (χ0) is 8.65. The molecule has 0 aliphatic carbocycles. The maximum atomic E-state index is 3.96. The van der Waals surface area contributed by atoms with Gasteiger partial charge in [-0.15, -0.1) is 0 Å². The molecule has 1 heterocycles. The standard InChI is InChI=1S/C9H15N3/c1-2-3-6-10-8-9-5-4-7-11-12-9/h4-5,7,10H,2-3,6,8H2,1H3. The van der Waals surface area contributed by atoms with Crippen molar-refractivity contribution in [2.75, 3.05) is 6.54 Å². The Hall–Kier alpha value is -0.960. The van der Waals surface area contributed by atoms with Gasteiger partial charge in [-0.05, 0) is 25.1 Å². The molecule has 66 valence electrons. The number of rotatable bonds is 5. The lowest BCUT2D eigenvalue weighted by Gasteiger charge is -2.01. The molecular weight excluding hydrogens is 150 g/mol. The molecule has 0 bridgehead atoms. The van der Waals surface area contributed by atoms with Crippen molar-refractivity contribution in [2.45, 2.75) is 26.3 Å². The highest BCUT2D eigenvalue weighted by molar-refractivity contribution is 4.98. The summed E-state index contributed by atoms with van der Waals surface area (Å²) in [6, 6.07) is 3.88. The van der Waals surface area contributed by atoms with Gasteiger partial charge in [0.15, 0.2) is 0 Å². The number of unbranched alkanes of at least 4 members (excludes halogenated alkanes) is 1. The van der Waals surface area contributed by atoms with Gasteiger partial charge in [0.05, 0.1) is 5.69 Å². The monoisotopic (exact) mass is 165 g/mol.